The molecule has 146 valence electrons. The molecule has 2 rings (SSSR count). The molecule has 0 spiro atoms. The molecule has 0 aliphatic rings. The Morgan fingerprint density at radius 3 is 1.32 bits per heavy atom. The van der Waals surface area contributed by atoms with E-state index in [4.69, 9.17) is 9.68 Å². The lowest BCUT2D eigenvalue weighted by Crippen LogP contribution is -2.16. The van der Waals surface area contributed by atoms with E-state index in [1.54, 1.807) is 38.1 Å². The van der Waals surface area contributed by atoms with Crippen LogP contribution in [0.3, 0.4) is 0 Å². The third-order valence-corrected chi connectivity index (χ3v) is 3.65. The fourth-order valence-electron chi connectivity index (χ4n) is 1.91. The number of anilines is 2. The number of aryl methyl sites for hydroxylation is 2. The van der Waals surface area contributed by atoms with E-state index >= 15 is 0 Å². The van der Waals surface area contributed by atoms with Gasteiger partial charge in [0, 0.05) is 11.4 Å². The number of hydrogen-bond donors (Lipinski definition) is 2. The number of nitrogens with one attached hydrogen (secondary N) is 2. The number of carbonyl (C=O) groups is 2. The molecule has 2 aromatic carbocycles. The number of oxime groups is 2. The summed E-state index contributed by atoms with van der Waals surface area (Å²) in [6.45, 7) is 7.03. The van der Waals surface area contributed by atoms with Gasteiger partial charge < -0.3 is 0 Å². The zero-order valence-electron chi connectivity index (χ0n) is 16.1. The van der Waals surface area contributed by atoms with Crippen molar-refractivity contribution < 1.29 is 19.3 Å². The van der Waals surface area contributed by atoms with Crippen LogP contribution in [0.4, 0.5) is 21.0 Å². The average Bonchev–Trinajstić information content (AvgIpc) is 2.67. The van der Waals surface area contributed by atoms with Crippen LogP contribution in [0.15, 0.2) is 58.8 Å². The molecule has 8 heteroatoms. The van der Waals surface area contributed by atoms with Gasteiger partial charge in [0.25, 0.3) is 0 Å². The molecule has 0 saturated carbocycles. The van der Waals surface area contributed by atoms with E-state index in [0.717, 1.165) is 11.1 Å². The van der Waals surface area contributed by atoms with Gasteiger partial charge in [0.15, 0.2) is 0 Å². The SMILES string of the molecule is CC(=N/OC(=O)Nc1ccc(C)cc1)/C(C)=N\OC(=O)Nc1ccc(C)cc1. The van der Waals surface area contributed by atoms with E-state index < -0.39 is 12.2 Å². The van der Waals surface area contributed by atoms with Gasteiger partial charge in [0.05, 0.1) is 0 Å². The molecule has 0 unspecified atom stereocenters. The highest BCUT2D eigenvalue weighted by Gasteiger charge is 2.07. The predicted molar refractivity (Wildman–Crippen MR) is 109 cm³/mol. The van der Waals surface area contributed by atoms with E-state index in [2.05, 4.69) is 20.9 Å². The maximum absolute atomic E-state index is 11.7. The summed E-state index contributed by atoms with van der Waals surface area (Å²) in [5, 5.41) is 12.4. The summed E-state index contributed by atoms with van der Waals surface area (Å²) >= 11 is 0. The minimum absolute atomic E-state index is 0.280. The van der Waals surface area contributed by atoms with Crippen LogP contribution < -0.4 is 10.6 Å². The molecule has 2 aromatic rings. The molecule has 8 nitrogen and oxygen atoms in total. The van der Waals surface area contributed by atoms with Gasteiger partial charge in [-0.1, -0.05) is 45.7 Å². The van der Waals surface area contributed by atoms with Crippen LogP contribution in [0.25, 0.3) is 0 Å². The molecule has 2 N–H and O–H groups in total. The lowest BCUT2D eigenvalue weighted by Gasteiger charge is -2.05. The van der Waals surface area contributed by atoms with Crippen LogP contribution >= 0.6 is 0 Å². The molecule has 0 fully saturated rings. The average molecular weight is 382 g/mol. The van der Waals surface area contributed by atoms with Gasteiger partial charge in [-0.3, -0.25) is 20.3 Å². The molecule has 0 radical (unpaired) electrons. The maximum atomic E-state index is 11.7. The Labute approximate surface area is 163 Å². The zero-order chi connectivity index (χ0) is 20.5. The Morgan fingerprint density at radius 1 is 0.679 bits per heavy atom. The molecule has 0 heterocycles. The van der Waals surface area contributed by atoms with E-state index in [9.17, 15) is 9.59 Å². The molecule has 0 aromatic heterocycles. The first-order chi connectivity index (χ1) is 13.3. The molecule has 0 aliphatic heterocycles. The highest BCUT2D eigenvalue weighted by molar-refractivity contribution is 6.40. The minimum atomic E-state index is -0.742. The first kappa shape index (κ1) is 20.6. The molecule has 0 bridgehead atoms. The van der Waals surface area contributed by atoms with Gasteiger partial charge in [-0.25, -0.2) is 9.59 Å². The van der Waals surface area contributed by atoms with Crippen molar-refractivity contribution in [2.24, 2.45) is 10.3 Å². The van der Waals surface area contributed by atoms with Crippen molar-refractivity contribution in [2.75, 3.05) is 10.6 Å². The predicted octanol–water partition coefficient (Wildman–Crippen LogP) is 4.85. The summed E-state index contributed by atoms with van der Waals surface area (Å²) in [4.78, 5) is 33.0. The summed E-state index contributed by atoms with van der Waals surface area (Å²) in [5.74, 6) is 0. The van der Waals surface area contributed by atoms with Crippen molar-refractivity contribution >= 4 is 35.0 Å². The zero-order valence-corrected chi connectivity index (χ0v) is 16.1. The van der Waals surface area contributed by atoms with Crippen LogP contribution in [-0.2, 0) is 9.68 Å². The summed E-state index contributed by atoms with van der Waals surface area (Å²) < 4.78 is 0. The number of rotatable bonds is 5. The van der Waals surface area contributed by atoms with Crippen molar-refractivity contribution in [3.8, 4) is 0 Å². The molecule has 0 saturated heterocycles. The molecule has 0 atom stereocenters. The van der Waals surface area contributed by atoms with E-state index in [1.807, 2.05) is 38.1 Å². The second kappa shape index (κ2) is 9.86. The third kappa shape index (κ3) is 6.91. The van der Waals surface area contributed by atoms with Crippen LogP contribution in [0.2, 0.25) is 0 Å². The lowest BCUT2D eigenvalue weighted by atomic mass is 10.2. The van der Waals surface area contributed by atoms with Crippen LogP contribution in [-0.4, -0.2) is 23.6 Å². The van der Waals surface area contributed by atoms with E-state index in [1.165, 1.54) is 0 Å². The largest absolute Gasteiger partial charge is 0.437 e. The lowest BCUT2D eigenvalue weighted by molar-refractivity contribution is 0.164. The second-order valence-electron chi connectivity index (χ2n) is 6.09. The first-order valence-corrected chi connectivity index (χ1v) is 8.52. The van der Waals surface area contributed by atoms with Crippen molar-refractivity contribution in [2.45, 2.75) is 27.7 Å². The Hall–Kier alpha value is -3.68. The highest BCUT2D eigenvalue weighted by Crippen LogP contribution is 2.10. The van der Waals surface area contributed by atoms with Crippen molar-refractivity contribution in [1.82, 2.24) is 0 Å². The third-order valence-electron chi connectivity index (χ3n) is 3.65. The summed E-state index contributed by atoms with van der Waals surface area (Å²) in [6, 6.07) is 14.4. The van der Waals surface area contributed by atoms with Gasteiger partial charge in [0.2, 0.25) is 0 Å². The number of amides is 2. The van der Waals surface area contributed by atoms with Crippen LogP contribution in [0.5, 0.6) is 0 Å². The molecular formula is C20H22N4O4. The Balaban J connectivity index is 1.83. The number of carbonyl (C=O) groups excluding carboxylic acids is 2. The molecular weight excluding hydrogens is 360 g/mol. The fraction of sp³-hybridized carbons (Fsp3) is 0.200. The quantitative estimate of drug-likeness (QED) is 0.438. The Bertz CT molecular complexity index is 812. The van der Waals surface area contributed by atoms with Gasteiger partial charge in [-0.15, -0.1) is 0 Å². The van der Waals surface area contributed by atoms with Gasteiger partial charge in [-0.2, -0.15) is 0 Å². The molecule has 2 amide bonds. The second-order valence-corrected chi connectivity index (χ2v) is 6.09. The van der Waals surface area contributed by atoms with Crippen LogP contribution in [0, 0.1) is 13.8 Å². The van der Waals surface area contributed by atoms with E-state index in [-0.39, 0.29) is 11.4 Å². The Kier molecular flexibility index (Phi) is 7.27. The Morgan fingerprint density at radius 2 is 1.00 bits per heavy atom. The monoisotopic (exact) mass is 382 g/mol. The summed E-state index contributed by atoms with van der Waals surface area (Å²) in [7, 11) is 0. The van der Waals surface area contributed by atoms with Crippen molar-refractivity contribution in [3.63, 3.8) is 0 Å². The minimum Gasteiger partial charge on any atom is -0.297 e. The normalized spacial score (nSPS) is 11.6. The molecule has 0 aliphatic carbocycles. The standard InChI is InChI=1S/C20H22N4O4/c1-13-5-9-17(10-6-13)21-19(25)27-23-15(3)16(4)24-28-20(26)22-18-11-7-14(2)8-12-18/h5-12H,1-4H3,(H,21,25)(H,22,26)/b23-15-,24-16-. The highest BCUT2D eigenvalue weighted by atomic mass is 16.7. The summed E-state index contributed by atoms with van der Waals surface area (Å²) in [6.07, 6.45) is -1.48. The maximum Gasteiger partial charge on any atom is 0.437 e. The van der Waals surface area contributed by atoms with Crippen LogP contribution in [0.1, 0.15) is 25.0 Å². The van der Waals surface area contributed by atoms with Gasteiger partial charge >= 0.3 is 12.2 Å². The topological polar surface area (TPSA) is 101 Å². The number of nitrogens with zero attached hydrogens (tertiary/aromatic N) is 2. The smallest absolute Gasteiger partial charge is 0.297 e. The summed E-state index contributed by atoms with van der Waals surface area (Å²) in [5.41, 5.74) is 3.89. The van der Waals surface area contributed by atoms with Gasteiger partial charge in [-0.05, 0) is 52.0 Å². The number of hydrogen-bond acceptors (Lipinski definition) is 6. The van der Waals surface area contributed by atoms with E-state index in [0.29, 0.717) is 11.4 Å². The van der Waals surface area contributed by atoms with Crippen molar-refractivity contribution in [1.29, 1.82) is 0 Å². The molecule has 28 heavy (non-hydrogen) atoms. The van der Waals surface area contributed by atoms with Gasteiger partial charge in [0.1, 0.15) is 11.4 Å². The first-order valence-electron chi connectivity index (χ1n) is 8.52. The number of benzene rings is 2. The van der Waals surface area contributed by atoms with Crippen molar-refractivity contribution in [3.05, 3.63) is 59.7 Å². The fourth-order valence-corrected chi connectivity index (χ4v) is 1.91.